The van der Waals surface area contributed by atoms with Crippen LogP contribution in [-0.4, -0.2) is 7.11 Å². The molecule has 0 aromatic heterocycles. The Balaban J connectivity index is 2.02. The number of hydrogen-bond acceptors (Lipinski definition) is 2. The van der Waals surface area contributed by atoms with E-state index in [0.717, 1.165) is 17.8 Å². The molecule has 94 valence electrons. The zero-order chi connectivity index (χ0) is 13.0. The molecule has 0 heterocycles. The average molecular weight is 262 g/mol. The molecule has 0 aliphatic rings. The zero-order valence-electron chi connectivity index (χ0n) is 10.5. The van der Waals surface area contributed by atoms with Gasteiger partial charge < -0.3 is 10.1 Å². The number of anilines is 1. The van der Waals surface area contributed by atoms with Crippen molar-refractivity contribution in [2.24, 2.45) is 0 Å². The first-order valence-corrected chi connectivity index (χ1v) is 6.20. The van der Waals surface area contributed by atoms with E-state index in [9.17, 15) is 0 Å². The molecular weight excluding hydrogens is 246 g/mol. The highest BCUT2D eigenvalue weighted by atomic mass is 35.5. The van der Waals surface area contributed by atoms with Crippen LogP contribution in [0.2, 0.25) is 5.02 Å². The smallest absolute Gasteiger partial charge is 0.137 e. The van der Waals surface area contributed by atoms with Crippen molar-refractivity contribution in [2.45, 2.75) is 13.5 Å². The van der Waals surface area contributed by atoms with Gasteiger partial charge in [0.05, 0.1) is 12.1 Å². The van der Waals surface area contributed by atoms with Gasteiger partial charge in [-0.2, -0.15) is 0 Å². The number of benzene rings is 2. The van der Waals surface area contributed by atoms with E-state index in [4.69, 9.17) is 16.3 Å². The van der Waals surface area contributed by atoms with Crippen LogP contribution < -0.4 is 10.1 Å². The lowest BCUT2D eigenvalue weighted by atomic mass is 10.2. The van der Waals surface area contributed by atoms with Gasteiger partial charge in [-0.05, 0) is 36.8 Å². The number of ether oxygens (including phenoxy) is 1. The second-order valence-corrected chi connectivity index (χ2v) is 4.60. The molecular formula is C15H16ClNO. The van der Waals surface area contributed by atoms with Crippen LogP contribution in [0.1, 0.15) is 11.1 Å². The number of aryl methyl sites for hydroxylation is 1. The predicted molar refractivity (Wildman–Crippen MR) is 76.5 cm³/mol. The van der Waals surface area contributed by atoms with E-state index in [-0.39, 0.29) is 0 Å². The van der Waals surface area contributed by atoms with Gasteiger partial charge in [-0.3, -0.25) is 0 Å². The van der Waals surface area contributed by atoms with Crippen molar-refractivity contribution >= 4 is 17.3 Å². The number of halogens is 1. The van der Waals surface area contributed by atoms with Crippen molar-refractivity contribution in [1.82, 2.24) is 0 Å². The molecule has 0 amide bonds. The number of methoxy groups -OCH3 is 1. The van der Waals surface area contributed by atoms with E-state index in [0.29, 0.717) is 10.8 Å². The minimum absolute atomic E-state index is 0.640. The van der Waals surface area contributed by atoms with Gasteiger partial charge in [0.1, 0.15) is 5.75 Å². The van der Waals surface area contributed by atoms with Crippen LogP contribution in [0.25, 0.3) is 0 Å². The Hall–Kier alpha value is -1.67. The van der Waals surface area contributed by atoms with Gasteiger partial charge in [0.25, 0.3) is 0 Å². The Labute approximate surface area is 113 Å². The maximum Gasteiger partial charge on any atom is 0.137 e. The van der Waals surface area contributed by atoms with Gasteiger partial charge in [0.15, 0.2) is 0 Å². The lowest BCUT2D eigenvalue weighted by Crippen LogP contribution is -1.99. The maximum absolute atomic E-state index is 6.08. The lowest BCUT2D eigenvalue weighted by Gasteiger charge is -2.09. The van der Waals surface area contributed by atoms with Crippen molar-refractivity contribution in [3.8, 4) is 5.75 Å². The summed E-state index contributed by atoms with van der Waals surface area (Å²) >= 11 is 6.08. The molecule has 0 spiro atoms. The molecule has 2 aromatic rings. The Morgan fingerprint density at radius 2 is 1.83 bits per heavy atom. The fraction of sp³-hybridized carbons (Fsp3) is 0.200. The fourth-order valence-corrected chi connectivity index (χ4v) is 1.98. The van der Waals surface area contributed by atoms with Crippen molar-refractivity contribution < 1.29 is 4.74 Å². The molecule has 0 saturated carbocycles. The van der Waals surface area contributed by atoms with E-state index in [1.54, 1.807) is 7.11 Å². The van der Waals surface area contributed by atoms with E-state index in [2.05, 4.69) is 36.5 Å². The normalized spacial score (nSPS) is 10.2. The monoisotopic (exact) mass is 261 g/mol. The highest BCUT2D eigenvalue weighted by Gasteiger charge is 2.01. The number of rotatable bonds is 4. The van der Waals surface area contributed by atoms with E-state index in [1.807, 2.05) is 18.2 Å². The summed E-state index contributed by atoms with van der Waals surface area (Å²) in [6, 6.07) is 14.1. The summed E-state index contributed by atoms with van der Waals surface area (Å²) in [6.45, 7) is 2.82. The second-order valence-electron chi connectivity index (χ2n) is 4.19. The molecule has 2 rings (SSSR count). The van der Waals surface area contributed by atoms with Crippen molar-refractivity contribution in [3.05, 3.63) is 58.6 Å². The molecule has 0 fully saturated rings. The van der Waals surface area contributed by atoms with Gasteiger partial charge in [0, 0.05) is 12.2 Å². The lowest BCUT2D eigenvalue weighted by molar-refractivity contribution is 0.415. The third kappa shape index (κ3) is 3.17. The largest absolute Gasteiger partial charge is 0.495 e. The highest BCUT2D eigenvalue weighted by molar-refractivity contribution is 6.32. The van der Waals surface area contributed by atoms with E-state index >= 15 is 0 Å². The standard InChI is InChI=1S/C15H16ClNO/c1-11-3-6-13(7-4-11)17-10-12-5-8-15(18-2)14(16)9-12/h3-9,17H,10H2,1-2H3. The summed E-state index contributed by atoms with van der Waals surface area (Å²) in [4.78, 5) is 0. The first kappa shape index (κ1) is 12.8. The molecule has 3 heteroatoms. The Morgan fingerprint density at radius 3 is 2.44 bits per heavy atom. The van der Waals surface area contributed by atoms with Crippen LogP contribution in [0.15, 0.2) is 42.5 Å². The molecule has 18 heavy (non-hydrogen) atoms. The van der Waals surface area contributed by atoms with Crippen LogP contribution in [0.4, 0.5) is 5.69 Å². The molecule has 0 unspecified atom stereocenters. The van der Waals surface area contributed by atoms with Crippen molar-refractivity contribution in [1.29, 1.82) is 0 Å². The summed E-state index contributed by atoms with van der Waals surface area (Å²) in [6.07, 6.45) is 0. The second kappa shape index (κ2) is 5.78. The Morgan fingerprint density at radius 1 is 1.11 bits per heavy atom. The third-order valence-electron chi connectivity index (χ3n) is 2.76. The van der Waals surface area contributed by atoms with E-state index < -0.39 is 0 Å². The zero-order valence-corrected chi connectivity index (χ0v) is 11.3. The first-order chi connectivity index (χ1) is 8.69. The van der Waals surface area contributed by atoms with Crippen LogP contribution in [0, 0.1) is 6.92 Å². The molecule has 0 bridgehead atoms. The summed E-state index contributed by atoms with van der Waals surface area (Å²) in [7, 11) is 1.62. The Bertz CT molecular complexity index is 523. The number of nitrogens with one attached hydrogen (secondary N) is 1. The van der Waals surface area contributed by atoms with Gasteiger partial charge >= 0.3 is 0 Å². The van der Waals surface area contributed by atoms with Gasteiger partial charge in [-0.15, -0.1) is 0 Å². The summed E-state index contributed by atoms with van der Waals surface area (Å²) in [5, 5.41) is 3.99. The van der Waals surface area contributed by atoms with Crippen molar-refractivity contribution in [3.63, 3.8) is 0 Å². The van der Waals surface area contributed by atoms with Crippen LogP contribution >= 0.6 is 11.6 Å². The predicted octanol–water partition coefficient (Wildman–Crippen LogP) is 4.27. The van der Waals surface area contributed by atoms with Crippen molar-refractivity contribution in [2.75, 3.05) is 12.4 Å². The third-order valence-corrected chi connectivity index (χ3v) is 3.06. The SMILES string of the molecule is COc1ccc(CNc2ccc(C)cc2)cc1Cl. The Kier molecular flexibility index (Phi) is 4.11. The average Bonchev–Trinajstić information content (AvgIpc) is 2.38. The summed E-state index contributed by atoms with van der Waals surface area (Å²) in [5.41, 5.74) is 3.49. The summed E-state index contributed by atoms with van der Waals surface area (Å²) in [5.74, 6) is 0.704. The molecule has 0 radical (unpaired) electrons. The van der Waals surface area contributed by atoms with Crippen LogP contribution in [0.3, 0.4) is 0 Å². The molecule has 2 aromatic carbocycles. The van der Waals surface area contributed by atoms with Crippen LogP contribution in [-0.2, 0) is 6.54 Å². The topological polar surface area (TPSA) is 21.3 Å². The van der Waals surface area contributed by atoms with Crippen LogP contribution in [0.5, 0.6) is 5.75 Å². The first-order valence-electron chi connectivity index (χ1n) is 5.82. The van der Waals surface area contributed by atoms with E-state index in [1.165, 1.54) is 5.56 Å². The number of hydrogen-bond donors (Lipinski definition) is 1. The molecule has 0 atom stereocenters. The molecule has 0 aliphatic heterocycles. The maximum atomic E-state index is 6.08. The minimum Gasteiger partial charge on any atom is -0.495 e. The highest BCUT2D eigenvalue weighted by Crippen LogP contribution is 2.25. The van der Waals surface area contributed by atoms with Gasteiger partial charge in [-0.25, -0.2) is 0 Å². The minimum atomic E-state index is 0.640. The van der Waals surface area contributed by atoms with Gasteiger partial charge in [-0.1, -0.05) is 35.4 Å². The molecule has 1 N–H and O–H groups in total. The quantitative estimate of drug-likeness (QED) is 0.888. The fourth-order valence-electron chi connectivity index (χ4n) is 1.70. The molecule has 0 saturated heterocycles. The molecule has 0 aliphatic carbocycles. The molecule has 2 nitrogen and oxygen atoms in total. The van der Waals surface area contributed by atoms with Gasteiger partial charge in [0.2, 0.25) is 0 Å². The summed E-state index contributed by atoms with van der Waals surface area (Å²) < 4.78 is 5.12.